The van der Waals surface area contributed by atoms with E-state index in [2.05, 4.69) is 10.6 Å². The van der Waals surface area contributed by atoms with E-state index in [1.54, 1.807) is 0 Å². The molecule has 5 heteroatoms. The lowest BCUT2D eigenvalue weighted by Crippen LogP contribution is -2.34. The van der Waals surface area contributed by atoms with Gasteiger partial charge < -0.3 is 20.8 Å². The van der Waals surface area contributed by atoms with Gasteiger partial charge in [-0.1, -0.05) is 24.3 Å². The predicted octanol–water partition coefficient (Wildman–Crippen LogP) is 0.684. The van der Waals surface area contributed by atoms with Crippen molar-refractivity contribution in [3.8, 4) is 0 Å². The van der Waals surface area contributed by atoms with E-state index in [-0.39, 0.29) is 12.5 Å². The lowest BCUT2D eigenvalue weighted by Gasteiger charge is -2.24. The van der Waals surface area contributed by atoms with Crippen LogP contribution in [0.15, 0.2) is 24.3 Å². The first-order valence-electron chi connectivity index (χ1n) is 7.49. The maximum absolute atomic E-state index is 10.8. The van der Waals surface area contributed by atoms with Gasteiger partial charge in [0.2, 0.25) is 5.91 Å². The van der Waals surface area contributed by atoms with E-state index < -0.39 is 12.2 Å². The van der Waals surface area contributed by atoms with E-state index in [9.17, 15) is 15.0 Å². The number of hydrogen-bond acceptors (Lipinski definition) is 4. The van der Waals surface area contributed by atoms with Crippen molar-refractivity contribution < 1.29 is 15.0 Å². The zero-order chi connectivity index (χ0) is 15.2. The molecule has 4 N–H and O–H groups in total. The number of nitrogens with one attached hydrogen (secondary N) is 2. The largest absolute Gasteiger partial charge is 0.388 e. The Labute approximate surface area is 125 Å². The Kier molecular flexibility index (Phi) is 5.73. The molecule has 1 aromatic carbocycles. The second-order valence-corrected chi connectivity index (χ2v) is 5.64. The molecule has 1 fully saturated rings. The third kappa shape index (κ3) is 4.52. The van der Waals surface area contributed by atoms with Gasteiger partial charge in [-0.15, -0.1) is 0 Å². The predicted molar refractivity (Wildman–Crippen MR) is 80.9 cm³/mol. The van der Waals surface area contributed by atoms with E-state index in [0.29, 0.717) is 11.5 Å². The summed E-state index contributed by atoms with van der Waals surface area (Å²) in [6, 6.07) is 7.78. The van der Waals surface area contributed by atoms with Crippen LogP contribution in [0.5, 0.6) is 0 Å². The second-order valence-electron chi connectivity index (χ2n) is 5.64. The Morgan fingerprint density at radius 1 is 1.29 bits per heavy atom. The summed E-state index contributed by atoms with van der Waals surface area (Å²) in [7, 11) is 0. The number of amides is 1. The Morgan fingerprint density at radius 2 is 1.90 bits per heavy atom. The van der Waals surface area contributed by atoms with Crippen LogP contribution in [-0.2, 0) is 4.79 Å². The van der Waals surface area contributed by atoms with Crippen LogP contribution >= 0.6 is 0 Å². The molecule has 0 saturated carbocycles. The minimum absolute atomic E-state index is 0.0482. The monoisotopic (exact) mass is 292 g/mol. The standard InChI is InChI=1S/C16H24N2O3/c1-11(19)18-10-15(20)16(21)14-4-2-12(3-5-14)13-6-8-17-9-7-13/h2-5,13,15-17,20-21H,6-10H2,1H3,(H,18,19). The molecule has 2 atom stereocenters. The highest BCUT2D eigenvalue weighted by molar-refractivity contribution is 5.72. The summed E-state index contributed by atoms with van der Waals surface area (Å²) in [5, 5.41) is 25.8. The highest BCUT2D eigenvalue weighted by Crippen LogP contribution is 2.26. The minimum atomic E-state index is -1.00. The van der Waals surface area contributed by atoms with Crippen LogP contribution in [0.1, 0.15) is 42.9 Å². The molecule has 1 amide bonds. The Hall–Kier alpha value is -1.43. The summed E-state index contributed by atoms with van der Waals surface area (Å²) < 4.78 is 0. The first-order chi connectivity index (χ1) is 10.1. The molecule has 1 aromatic rings. The van der Waals surface area contributed by atoms with Gasteiger partial charge in [-0.05, 0) is 43.0 Å². The molecule has 0 aliphatic carbocycles. The molecular formula is C16H24N2O3. The normalized spacial score (nSPS) is 19.0. The van der Waals surface area contributed by atoms with E-state index in [1.807, 2.05) is 24.3 Å². The molecule has 0 spiro atoms. The number of piperidine rings is 1. The number of aliphatic hydroxyl groups excluding tert-OH is 2. The van der Waals surface area contributed by atoms with Gasteiger partial charge in [-0.25, -0.2) is 0 Å². The lowest BCUT2D eigenvalue weighted by molar-refractivity contribution is -0.119. The third-order valence-corrected chi connectivity index (χ3v) is 4.01. The summed E-state index contributed by atoms with van der Waals surface area (Å²) in [6.45, 7) is 3.52. The summed E-state index contributed by atoms with van der Waals surface area (Å²) in [5.41, 5.74) is 1.95. The summed E-state index contributed by atoms with van der Waals surface area (Å²) in [5.74, 6) is 0.351. The molecule has 0 aromatic heterocycles. The fraction of sp³-hybridized carbons (Fsp3) is 0.562. The average Bonchev–Trinajstić information content (AvgIpc) is 2.53. The fourth-order valence-corrected chi connectivity index (χ4v) is 2.70. The van der Waals surface area contributed by atoms with Crippen molar-refractivity contribution in [2.24, 2.45) is 0 Å². The Balaban J connectivity index is 1.95. The molecule has 2 rings (SSSR count). The third-order valence-electron chi connectivity index (χ3n) is 4.01. The SMILES string of the molecule is CC(=O)NCC(O)C(O)c1ccc(C2CCNCC2)cc1. The quantitative estimate of drug-likeness (QED) is 0.643. The van der Waals surface area contributed by atoms with Gasteiger partial charge in [0.15, 0.2) is 0 Å². The molecule has 21 heavy (non-hydrogen) atoms. The molecular weight excluding hydrogens is 268 g/mol. The van der Waals surface area contributed by atoms with E-state index in [1.165, 1.54) is 12.5 Å². The van der Waals surface area contributed by atoms with E-state index in [4.69, 9.17) is 0 Å². The van der Waals surface area contributed by atoms with Gasteiger partial charge in [0.25, 0.3) is 0 Å². The highest BCUT2D eigenvalue weighted by atomic mass is 16.3. The van der Waals surface area contributed by atoms with Crippen LogP contribution in [0.3, 0.4) is 0 Å². The maximum Gasteiger partial charge on any atom is 0.216 e. The molecule has 1 aliphatic heterocycles. The topological polar surface area (TPSA) is 81.6 Å². The number of hydrogen-bond donors (Lipinski definition) is 4. The smallest absolute Gasteiger partial charge is 0.216 e. The van der Waals surface area contributed by atoms with Crippen molar-refractivity contribution in [3.05, 3.63) is 35.4 Å². The highest BCUT2D eigenvalue weighted by Gasteiger charge is 2.20. The Bertz CT molecular complexity index is 455. The van der Waals surface area contributed by atoms with Crippen LogP contribution in [-0.4, -0.2) is 41.9 Å². The zero-order valence-corrected chi connectivity index (χ0v) is 12.4. The number of benzene rings is 1. The number of aliphatic hydroxyl groups is 2. The lowest BCUT2D eigenvalue weighted by atomic mass is 9.89. The van der Waals surface area contributed by atoms with Crippen molar-refractivity contribution in [2.75, 3.05) is 19.6 Å². The van der Waals surface area contributed by atoms with Gasteiger partial charge in [0.05, 0.1) is 0 Å². The minimum Gasteiger partial charge on any atom is -0.388 e. The average molecular weight is 292 g/mol. The molecule has 116 valence electrons. The van der Waals surface area contributed by atoms with Gasteiger partial charge in [0, 0.05) is 13.5 Å². The van der Waals surface area contributed by atoms with Crippen LogP contribution in [0, 0.1) is 0 Å². The molecule has 0 bridgehead atoms. The first-order valence-corrected chi connectivity index (χ1v) is 7.49. The molecule has 5 nitrogen and oxygen atoms in total. The van der Waals surface area contributed by atoms with Crippen LogP contribution in [0.2, 0.25) is 0 Å². The number of rotatable bonds is 5. The van der Waals surface area contributed by atoms with Crippen molar-refractivity contribution in [1.29, 1.82) is 0 Å². The van der Waals surface area contributed by atoms with Crippen LogP contribution in [0.25, 0.3) is 0 Å². The molecule has 1 aliphatic rings. The van der Waals surface area contributed by atoms with Crippen molar-refractivity contribution in [3.63, 3.8) is 0 Å². The van der Waals surface area contributed by atoms with Gasteiger partial charge in [0.1, 0.15) is 12.2 Å². The number of carbonyl (C=O) groups is 1. The molecule has 1 heterocycles. The van der Waals surface area contributed by atoms with Gasteiger partial charge in [-0.2, -0.15) is 0 Å². The summed E-state index contributed by atoms with van der Waals surface area (Å²) in [4.78, 5) is 10.8. The van der Waals surface area contributed by atoms with Crippen molar-refractivity contribution in [1.82, 2.24) is 10.6 Å². The number of carbonyl (C=O) groups excluding carboxylic acids is 1. The van der Waals surface area contributed by atoms with Crippen LogP contribution in [0.4, 0.5) is 0 Å². The van der Waals surface area contributed by atoms with Crippen molar-refractivity contribution in [2.45, 2.75) is 37.9 Å². The summed E-state index contributed by atoms with van der Waals surface area (Å²) >= 11 is 0. The van der Waals surface area contributed by atoms with Crippen LogP contribution < -0.4 is 10.6 Å². The fourth-order valence-electron chi connectivity index (χ4n) is 2.70. The molecule has 2 unspecified atom stereocenters. The second kappa shape index (κ2) is 7.54. The van der Waals surface area contributed by atoms with Gasteiger partial charge in [-0.3, -0.25) is 4.79 Å². The maximum atomic E-state index is 10.8. The summed E-state index contributed by atoms with van der Waals surface area (Å²) in [6.07, 6.45) is 0.276. The van der Waals surface area contributed by atoms with E-state index in [0.717, 1.165) is 25.9 Å². The Morgan fingerprint density at radius 3 is 2.48 bits per heavy atom. The van der Waals surface area contributed by atoms with E-state index >= 15 is 0 Å². The first kappa shape index (κ1) is 15.9. The van der Waals surface area contributed by atoms with Crippen molar-refractivity contribution >= 4 is 5.91 Å². The molecule has 0 radical (unpaired) electrons. The zero-order valence-electron chi connectivity index (χ0n) is 12.4. The molecule has 1 saturated heterocycles. The van der Waals surface area contributed by atoms with Gasteiger partial charge >= 0.3 is 0 Å².